The molecule has 2 aliphatic carbocycles. The minimum atomic E-state index is -2.28. The zero-order valence-corrected chi connectivity index (χ0v) is 26.2. The average Bonchev–Trinajstić information content (AvgIpc) is 3.34. The number of imide groups is 2. The quantitative estimate of drug-likeness (QED) is 0.153. The third-order valence-corrected chi connectivity index (χ3v) is 11.4. The van der Waals surface area contributed by atoms with Crippen LogP contribution in [0.4, 0.5) is 20.2 Å². The lowest BCUT2D eigenvalue weighted by Gasteiger charge is -2.50. The van der Waals surface area contributed by atoms with Crippen molar-refractivity contribution in [3.8, 4) is 5.75 Å². The molecule has 44 heavy (non-hydrogen) atoms. The molecule has 3 aromatic carbocycles. The fourth-order valence-corrected chi connectivity index (χ4v) is 8.64. The highest BCUT2D eigenvalue weighted by atomic mass is 127. The summed E-state index contributed by atoms with van der Waals surface area (Å²) in [6.45, 7) is 0. The largest absolute Gasteiger partial charge is 0.505 e. The summed E-state index contributed by atoms with van der Waals surface area (Å²) in [7, 11) is 0. The van der Waals surface area contributed by atoms with Gasteiger partial charge in [0.05, 0.1) is 23.2 Å². The highest BCUT2D eigenvalue weighted by Gasteiger charge is 2.77. The number of fused-ring (bicyclic) bond motifs is 4. The van der Waals surface area contributed by atoms with Crippen LogP contribution in [-0.2, 0) is 19.2 Å². The molecular weight excluding hydrogens is 728 g/mol. The fraction of sp³-hybridized carbons (Fsp3) is 0.250. The van der Waals surface area contributed by atoms with E-state index in [0.29, 0.717) is 11.3 Å². The van der Waals surface area contributed by atoms with Gasteiger partial charge >= 0.3 is 0 Å². The predicted molar refractivity (Wildman–Crippen MR) is 166 cm³/mol. The number of rotatable bonds is 3. The molecule has 6 atom stereocenters. The monoisotopic (exact) mass is 748 g/mol. The number of alkyl halides is 2. The topological polar surface area (TPSA) is 95.0 Å². The number of allylic oxidation sites excluding steroid dienone is 2. The first kappa shape index (κ1) is 29.4. The Kier molecular flexibility index (Phi) is 6.73. The number of phenolic OH excluding ortho intramolecular Hbond substituents is 1. The van der Waals surface area contributed by atoms with E-state index in [4.69, 9.17) is 23.2 Å². The molecule has 2 saturated heterocycles. The van der Waals surface area contributed by atoms with E-state index in [-0.39, 0.29) is 24.1 Å². The number of benzene rings is 3. The molecule has 6 unspecified atom stereocenters. The Bertz CT molecular complexity index is 1820. The number of carbonyl (C=O) groups is 4. The van der Waals surface area contributed by atoms with Crippen molar-refractivity contribution in [3.63, 3.8) is 0 Å². The predicted octanol–water partition coefficient (Wildman–Crippen LogP) is 6.04. The Morgan fingerprint density at radius 2 is 1.45 bits per heavy atom. The Hall–Kier alpha value is -3.35. The van der Waals surface area contributed by atoms with E-state index in [1.807, 2.05) is 0 Å². The van der Waals surface area contributed by atoms with Gasteiger partial charge < -0.3 is 5.11 Å². The Labute approximate surface area is 273 Å². The van der Waals surface area contributed by atoms with Gasteiger partial charge in [0.1, 0.15) is 5.82 Å². The van der Waals surface area contributed by atoms with Crippen LogP contribution < -0.4 is 9.80 Å². The van der Waals surface area contributed by atoms with Crippen LogP contribution in [0.3, 0.4) is 0 Å². The maximum atomic E-state index is 14.8. The maximum Gasteiger partial charge on any atom is 0.258 e. The third kappa shape index (κ3) is 3.83. The Balaban J connectivity index is 1.41. The molecule has 1 N–H and O–H groups in total. The molecule has 3 fully saturated rings. The number of hydrogen-bond acceptors (Lipinski definition) is 5. The van der Waals surface area contributed by atoms with Gasteiger partial charge in [-0.15, -0.1) is 23.2 Å². The van der Waals surface area contributed by atoms with Crippen LogP contribution in [0.1, 0.15) is 24.3 Å². The van der Waals surface area contributed by atoms with Gasteiger partial charge in [-0.3, -0.25) is 24.1 Å². The lowest BCUT2D eigenvalue weighted by molar-refractivity contribution is -0.125. The lowest BCUT2D eigenvalue weighted by atomic mass is 9.56. The van der Waals surface area contributed by atoms with E-state index < -0.39 is 74.4 Å². The fourth-order valence-electron chi connectivity index (χ4n) is 7.35. The third-order valence-electron chi connectivity index (χ3n) is 9.31. The van der Waals surface area contributed by atoms with Gasteiger partial charge in [0.2, 0.25) is 11.8 Å². The first-order chi connectivity index (χ1) is 20.9. The summed E-state index contributed by atoms with van der Waals surface area (Å²) in [5.74, 6) is -9.05. The van der Waals surface area contributed by atoms with Crippen molar-refractivity contribution < 1.29 is 33.1 Å². The molecule has 12 heteroatoms. The van der Waals surface area contributed by atoms with Gasteiger partial charge in [0, 0.05) is 15.1 Å². The summed E-state index contributed by atoms with van der Waals surface area (Å²) in [6, 6.07) is 15.3. The van der Waals surface area contributed by atoms with Crippen molar-refractivity contribution >= 4 is 80.8 Å². The van der Waals surface area contributed by atoms with Crippen molar-refractivity contribution in [2.45, 2.75) is 28.5 Å². The van der Waals surface area contributed by atoms with Gasteiger partial charge in [-0.2, -0.15) is 0 Å². The molecular formula is C32H21Cl2F2IN2O5. The molecule has 1 saturated carbocycles. The summed E-state index contributed by atoms with van der Waals surface area (Å²) in [6.07, 6.45) is 1.52. The van der Waals surface area contributed by atoms with Crippen LogP contribution >= 0.6 is 45.8 Å². The SMILES string of the molecule is O=C1C2CC=C3C(CC4(Cl)C(=O)N(c5ccc(F)cc5)C(=O)C4(Cl)C3c3cccc(F)c3O)C2C(=O)N1c1ccc(I)cc1. The van der Waals surface area contributed by atoms with Crippen LogP contribution in [-0.4, -0.2) is 38.5 Å². The van der Waals surface area contributed by atoms with Crippen molar-refractivity contribution in [3.05, 3.63) is 99.1 Å². The summed E-state index contributed by atoms with van der Waals surface area (Å²) < 4.78 is 29.5. The molecule has 7 rings (SSSR count). The number of carbonyl (C=O) groups excluding carboxylic acids is 4. The van der Waals surface area contributed by atoms with Crippen molar-refractivity contribution in [2.24, 2.45) is 17.8 Å². The molecule has 224 valence electrons. The van der Waals surface area contributed by atoms with Gasteiger partial charge in [-0.25, -0.2) is 13.7 Å². The highest BCUT2D eigenvalue weighted by Crippen LogP contribution is 2.66. The van der Waals surface area contributed by atoms with Gasteiger partial charge in [-0.1, -0.05) is 23.8 Å². The molecule has 2 heterocycles. The van der Waals surface area contributed by atoms with Gasteiger partial charge in [0.15, 0.2) is 21.3 Å². The van der Waals surface area contributed by atoms with Crippen molar-refractivity contribution in [1.82, 2.24) is 0 Å². The first-order valence-electron chi connectivity index (χ1n) is 13.7. The van der Waals surface area contributed by atoms with Crippen LogP contribution in [0, 0.1) is 33.0 Å². The number of halogens is 5. The van der Waals surface area contributed by atoms with Gasteiger partial charge in [0.25, 0.3) is 11.8 Å². The summed E-state index contributed by atoms with van der Waals surface area (Å²) in [5.41, 5.74) is 0.734. The minimum Gasteiger partial charge on any atom is -0.505 e. The van der Waals surface area contributed by atoms with Crippen LogP contribution in [0.2, 0.25) is 0 Å². The minimum absolute atomic E-state index is 0.0184. The zero-order valence-electron chi connectivity index (χ0n) is 22.5. The first-order valence-corrected chi connectivity index (χ1v) is 15.6. The molecule has 7 nitrogen and oxygen atoms in total. The van der Waals surface area contributed by atoms with E-state index in [1.165, 1.54) is 24.3 Å². The lowest BCUT2D eigenvalue weighted by Crippen LogP contribution is -2.60. The average molecular weight is 749 g/mol. The van der Waals surface area contributed by atoms with Crippen molar-refractivity contribution in [1.29, 1.82) is 0 Å². The summed E-state index contributed by atoms with van der Waals surface area (Å²) in [5, 5.41) is 10.9. The number of para-hydroxylation sites is 1. The number of amides is 4. The molecule has 0 radical (unpaired) electrons. The summed E-state index contributed by atoms with van der Waals surface area (Å²) in [4.78, 5) is 53.7. The van der Waals surface area contributed by atoms with E-state index in [9.17, 15) is 33.1 Å². The molecule has 4 amide bonds. The van der Waals surface area contributed by atoms with E-state index in [1.54, 1.807) is 30.3 Å². The number of nitrogens with zero attached hydrogens (tertiary/aromatic N) is 2. The molecule has 2 aliphatic heterocycles. The number of anilines is 2. The highest BCUT2D eigenvalue weighted by molar-refractivity contribution is 14.1. The van der Waals surface area contributed by atoms with E-state index in [2.05, 4.69) is 22.6 Å². The number of phenols is 1. The second kappa shape index (κ2) is 10.1. The van der Waals surface area contributed by atoms with Crippen LogP contribution in [0.5, 0.6) is 5.75 Å². The van der Waals surface area contributed by atoms with E-state index >= 15 is 0 Å². The molecule has 3 aromatic rings. The number of aromatic hydroxyl groups is 1. The smallest absolute Gasteiger partial charge is 0.258 e. The second-order valence-corrected chi connectivity index (χ2v) is 13.9. The van der Waals surface area contributed by atoms with Crippen LogP contribution in [0.25, 0.3) is 0 Å². The molecule has 0 bridgehead atoms. The number of hydrogen-bond donors (Lipinski definition) is 1. The normalized spacial score (nSPS) is 31.2. The molecule has 4 aliphatic rings. The Morgan fingerprint density at radius 1 is 0.818 bits per heavy atom. The van der Waals surface area contributed by atoms with E-state index in [0.717, 1.165) is 31.6 Å². The molecule has 0 aromatic heterocycles. The van der Waals surface area contributed by atoms with Crippen molar-refractivity contribution in [2.75, 3.05) is 9.80 Å². The summed E-state index contributed by atoms with van der Waals surface area (Å²) >= 11 is 16.6. The molecule has 0 spiro atoms. The Morgan fingerprint density at radius 3 is 2.14 bits per heavy atom. The zero-order chi connectivity index (χ0) is 31.3. The van der Waals surface area contributed by atoms with Crippen LogP contribution in [0.15, 0.2) is 78.4 Å². The standard InChI is InChI=1S/C32H21Cl2F2IN2O5/c33-31-14-22-19(12-13-20-24(22)28(42)38(27(20)41)17-10-6-16(37)7-11-17)25(21-2-1-3-23(36)26(21)40)32(31,34)30(44)39(29(31)43)18-8-4-15(35)5-9-18/h1-12,20,22,24-25,40H,13-14H2. The van der Waals surface area contributed by atoms with Gasteiger partial charge in [-0.05, 0) is 95.9 Å². The maximum absolute atomic E-state index is 14.8. The second-order valence-electron chi connectivity index (χ2n) is 11.4.